The van der Waals surface area contributed by atoms with Crippen LogP contribution >= 0.6 is 0 Å². The molecule has 0 saturated heterocycles. The first-order valence-corrected chi connectivity index (χ1v) is 12.4. The topological polar surface area (TPSA) is 105 Å². The predicted molar refractivity (Wildman–Crippen MR) is 133 cm³/mol. The molecule has 1 unspecified atom stereocenters. The molecule has 35 heavy (non-hydrogen) atoms. The summed E-state index contributed by atoms with van der Waals surface area (Å²) in [6.45, 7) is 4.58. The number of carbonyl (C=O) groups excluding carboxylic acids is 2. The largest absolute Gasteiger partial charge is 0.481 e. The lowest BCUT2D eigenvalue weighted by atomic mass is 9.78. The Morgan fingerprint density at radius 1 is 1.00 bits per heavy atom. The molecule has 0 spiro atoms. The highest BCUT2D eigenvalue weighted by atomic mass is 16.5. The van der Waals surface area contributed by atoms with Crippen LogP contribution in [0.15, 0.2) is 48.5 Å². The van der Waals surface area contributed by atoms with Gasteiger partial charge in [0.1, 0.15) is 6.61 Å². The van der Waals surface area contributed by atoms with Crippen LogP contribution in [0.5, 0.6) is 0 Å². The van der Waals surface area contributed by atoms with Crippen molar-refractivity contribution in [2.24, 2.45) is 17.8 Å². The fourth-order valence-corrected chi connectivity index (χ4v) is 5.17. The minimum absolute atomic E-state index is 0.0128. The van der Waals surface area contributed by atoms with E-state index in [9.17, 15) is 14.4 Å². The first kappa shape index (κ1) is 24.8. The number of aliphatic carboxylic acids is 1. The minimum Gasteiger partial charge on any atom is -0.481 e. The highest BCUT2D eigenvalue weighted by Gasteiger charge is 2.33. The summed E-state index contributed by atoms with van der Waals surface area (Å²) in [6, 6.07) is 16.5. The molecule has 0 radical (unpaired) electrons. The maximum Gasteiger partial charge on any atom is 0.407 e. The maximum atomic E-state index is 12.4. The minimum atomic E-state index is -0.848. The lowest BCUT2D eigenvalue weighted by Gasteiger charge is -2.35. The van der Waals surface area contributed by atoms with Gasteiger partial charge in [-0.25, -0.2) is 4.79 Å². The number of hydrogen-bond acceptors (Lipinski definition) is 4. The summed E-state index contributed by atoms with van der Waals surface area (Å²) in [7, 11) is 0. The van der Waals surface area contributed by atoms with E-state index in [-0.39, 0.29) is 48.6 Å². The number of fused-ring (bicyclic) bond motifs is 3. The number of nitrogens with one attached hydrogen (secondary N) is 2. The fraction of sp³-hybridized carbons (Fsp3) is 0.464. The Balaban J connectivity index is 1.18. The summed E-state index contributed by atoms with van der Waals surface area (Å²) < 4.78 is 5.60. The lowest BCUT2D eigenvalue weighted by Crippen LogP contribution is -2.46. The van der Waals surface area contributed by atoms with Gasteiger partial charge in [-0.1, -0.05) is 62.4 Å². The Morgan fingerprint density at radius 2 is 1.60 bits per heavy atom. The van der Waals surface area contributed by atoms with Crippen LogP contribution in [-0.2, 0) is 14.3 Å². The van der Waals surface area contributed by atoms with Crippen molar-refractivity contribution < 1.29 is 24.2 Å². The number of rotatable bonds is 10. The summed E-state index contributed by atoms with van der Waals surface area (Å²) in [5, 5.41) is 14.8. The van der Waals surface area contributed by atoms with Gasteiger partial charge in [0, 0.05) is 24.9 Å². The fourth-order valence-electron chi connectivity index (χ4n) is 5.17. The van der Waals surface area contributed by atoms with E-state index in [4.69, 9.17) is 9.84 Å². The Kier molecular flexibility index (Phi) is 7.73. The molecule has 2 aromatic carbocycles. The van der Waals surface area contributed by atoms with E-state index < -0.39 is 12.1 Å². The quantitative estimate of drug-likeness (QED) is 0.464. The SMILES string of the molecule is CC(C)C(CNC(=O)CC1CC(NC(=O)OCC2c3ccccc3-c3ccccc32)C1)CC(=O)O. The number of carboxylic acid groups (broad SMARTS) is 1. The third-order valence-electron chi connectivity index (χ3n) is 7.32. The standard InChI is InChI=1S/C28H34N2O5/c1-17(2)19(14-27(32)33)15-29-26(31)13-18-11-20(12-18)30-28(34)35-16-25-23-9-5-3-7-21(23)22-8-4-6-10-24(22)25/h3-10,17-20,25H,11-16H2,1-2H3,(H,29,31)(H,30,34)(H,32,33). The van der Waals surface area contributed by atoms with Crippen LogP contribution in [0.3, 0.4) is 0 Å². The zero-order valence-corrected chi connectivity index (χ0v) is 20.3. The van der Waals surface area contributed by atoms with Crippen molar-refractivity contribution in [2.75, 3.05) is 13.2 Å². The molecule has 3 N–H and O–H groups in total. The second-order valence-electron chi connectivity index (χ2n) is 10.1. The first-order valence-electron chi connectivity index (χ1n) is 12.4. The summed E-state index contributed by atoms with van der Waals surface area (Å²) in [4.78, 5) is 35.7. The van der Waals surface area contributed by atoms with Crippen LogP contribution in [0.2, 0.25) is 0 Å². The molecule has 0 aliphatic heterocycles. The normalized spacial score (nSPS) is 19.3. The number of alkyl carbamates (subject to hydrolysis) is 1. The van der Waals surface area contributed by atoms with Gasteiger partial charge in [0.25, 0.3) is 0 Å². The van der Waals surface area contributed by atoms with Crippen molar-refractivity contribution in [3.63, 3.8) is 0 Å². The van der Waals surface area contributed by atoms with Crippen molar-refractivity contribution in [3.05, 3.63) is 59.7 Å². The van der Waals surface area contributed by atoms with Crippen molar-refractivity contribution in [3.8, 4) is 11.1 Å². The van der Waals surface area contributed by atoms with Crippen molar-refractivity contribution in [1.82, 2.24) is 10.6 Å². The molecule has 2 aliphatic rings. The van der Waals surface area contributed by atoms with Gasteiger partial charge in [-0.2, -0.15) is 0 Å². The monoisotopic (exact) mass is 478 g/mol. The number of hydrogen-bond donors (Lipinski definition) is 3. The van der Waals surface area contributed by atoms with Gasteiger partial charge in [-0.15, -0.1) is 0 Å². The van der Waals surface area contributed by atoms with Crippen molar-refractivity contribution >= 4 is 18.0 Å². The highest BCUT2D eigenvalue weighted by molar-refractivity contribution is 5.79. The van der Waals surface area contributed by atoms with E-state index in [2.05, 4.69) is 34.9 Å². The third kappa shape index (κ3) is 6.02. The lowest BCUT2D eigenvalue weighted by molar-refractivity contribution is -0.138. The van der Waals surface area contributed by atoms with Crippen molar-refractivity contribution in [2.45, 2.75) is 51.5 Å². The van der Waals surface area contributed by atoms with Gasteiger partial charge in [0.2, 0.25) is 5.91 Å². The van der Waals surface area contributed by atoms with Crippen LogP contribution in [-0.4, -0.2) is 42.3 Å². The number of amides is 2. The molecular weight excluding hydrogens is 444 g/mol. The molecule has 186 valence electrons. The van der Waals surface area contributed by atoms with E-state index in [1.54, 1.807) is 0 Å². The molecule has 1 atom stereocenters. The van der Waals surface area contributed by atoms with Crippen LogP contribution in [0, 0.1) is 17.8 Å². The van der Waals surface area contributed by atoms with E-state index in [0.29, 0.717) is 13.0 Å². The Hall–Kier alpha value is -3.35. The number of ether oxygens (including phenoxy) is 1. The highest BCUT2D eigenvalue weighted by Crippen LogP contribution is 2.44. The number of carboxylic acids is 1. The zero-order valence-electron chi connectivity index (χ0n) is 20.3. The van der Waals surface area contributed by atoms with Gasteiger partial charge in [0.05, 0.1) is 6.42 Å². The predicted octanol–water partition coefficient (Wildman–Crippen LogP) is 4.56. The number of benzene rings is 2. The zero-order chi connectivity index (χ0) is 24.9. The van der Waals surface area contributed by atoms with Gasteiger partial charge < -0.3 is 20.5 Å². The smallest absolute Gasteiger partial charge is 0.407 e. The molecule has 4 rings (SSSR count). The maximum absolute atomic E-state index is 12.4. The van der Waals surface area contributed by atoms with Crippen molar-refractivity contribution in [1.29, 1.82) is 0 Å². The first-order chi connectivity index (χ1) is 16.8. The molecule has 1 fully saturated rings. The second kappa shape index (κ2) is 10.9. The average molecular weight is 479 g/mol. The van der Waals surface area contributed by atoms with Crippen LogP contribution < -0.4 is 10.6 Å². The Bertz CT molecular complexity index is 1030. The van der Waals surface area contributed by atoms with Crippen LogP contribution in [0.4, 0.5) is 4.79 Å². The number of carbonyl (C=O) groups is 3. The van der Waals surface area contributed by atoms with Gasteiger partial charge >= 0.3 is 12.1 Å². The van der Waals surface area contributed by atoms with Gasteiger partial charge in [0.15, 0.2) is 0 Å². The molecule has 2 amide bonds. The summed E-state index contributed by atoms with van der Waals surface area (Å²) in [5.74, 6) is -0.570. The van der Waals surface area contributed by atoms with Crippen LogP contribution in [0.25, 0.3) is 11.1 Å². The Morgan fingerprint density at radius 3 is 2.17 bits per heavy atom. The molecule has 0 aromatic heterocycles. The molecular formula is C28H34N2O5. The van der Waals surface area contributed by atoms with E-state index >= 15 is 0 Å². The van der Waals surface area contributed by atoms with Crippen LogP contribution in [0.1, 0.15) is 56.6 Å². The molecule has 2 aromatic rings. The molecule has 0 bridgehead atoms. The molecule has 1 saturated carbocycles. The summed E-state index contributed by atoms with van der Waals surface area (Å²) >= 11 is 0. The Labute approximate surface area is 206 Å². The van der Waals surface area contributed by atoms with E-state index in [1.165, 1.54) is 22.3 Å². The molecule has 2 aliphatic carbocycles. The van der Waals surface area contributed by atoms with Gasteiger partial charge in [-0.05, 0) is 52.8 Å². The molecule has 7 nitrogen and oxygen atoms in total. The van der Waals surface area contributed by atoms with Gasteiger partial charge in [-0.3, -0.25) is 9.59 Å². The third-order valence-corrected chi connectivity index (χ3v) is 7.32. The summed E-state index contributed by atoms with van der Waals surface area (Å²) in [6.07, 6.45) is 1.49. The van der Waals surface area contributed by atoms with E-state index in [1.807, 2.05) is 38.1 Å². The van der Waals surface area contributed by atoms with E-state index in [0.717, 1.165) is 12.8 Å². The second-order valence-corrected chi connectivity index (χ2v) is 10.1. The average Bonchev–Trinajstić information content (AvgIpc) is 3.12. The molecule has 0 heterocycles. The summed E-state index contributed by atoms with van der Waals surface area (Å²) in [5.41, 5.74) is 4.75. The molecule has 7 heteroatoms.